The smallest absolute Gasteiger partial charge is 0.254 e. The molecule has 4 rings (SSSR count). The van der Waals surface area contributed by atoms with Crippen molar-refractivity contribution in [2.45, 2.75) is 13.0 Å². The van der Waals surface area contributed by atoms with Gasteiger partial charge in [0.25, 0.3) is 5.91 Å². The summed E-state index contributed by atoms with van der Waals surface area (Å²) in [6.45, 7) is 3.70. The van der Waals surface area contributed by atoms with Crippen LogP contribution in [0.5, 0.6) is 0 Å². The van der Waals surface area contributed by atoms with Crippen molar-refractivity contribution in [2.24, 2.45) is 0 Å². The quantitative estimate of drug-likeness (QED) is 0.694. The molecule has 0 bridgehead atoms. The number of rotatable bonds is 1. The van der Waals surface area contributed by atoms with E-state index in [9.17, 15) is 9.59 Å². The summed E-state index contributed by atoms with van der Waals surface area (Å²) in [6, 6.07) is 13.0. The SMILES string of the molecule is CC1CN(C(=O)c2ccc3c(c2)C(=O)c2ccccc2-3)CCO1. The maximum Gasteiger partial charge on any atom is 0.254 e. The molecule has 0 spiro atoms. The number of morpholine rings is 1. The van der Waals surface area contributed by atoms with Crippen LogP contribution >= 0.6 is 0 Å². The Hall–Kier alpha value is -2.46. The number of benzene rings is 2. The van der Waals surface area contributed by atoms with Crippen molar-refractivity contribution in [3.63, 3.8) is 0 Å². The molecule has 1 aliphatic heterocycles. The molecule has 1 saturated heterocycles. The highest BCUT2D eigenvalue weighted by molar-refractivity contribution is 6.22. The van der Waals surface area contributed by atoms with Crippen molar-refractivity contribution >= 4 is 11.7 Å². The summed E-state index contributed by atoms with van der Waals surface area (Å²) >= 11 is 0. The molecular formula is C19H17NO3. The van der Waals surface area contributed by atoms with E-state index in [0.29, 0.717) is 36.4 Å². The molecular weight excluding hydrogens is 290 g/mol. The molecule has 2 aromatic carbocycles. The van der Waals surface area contributed by atoms with E-state index in [4.69, 9.17) is 4.74 Å². The number of hydrogen-bond acceptors (Lipinski definition) is 3. The lowest BCUT2D eigenvalue weighted by Gasteiger charge is -2.31. The molecule has 0 radical (unpaired) electrons. The molecule has 2 aliphatic rings. The minimum Gasteiger partial charge on any atom is -0.375 e. The van der Waals surface area contributed by atoms with Gasteiger partial charge in [-0.1, -0.05) is 30.3 Å². The summed E-state index contributed by atoms with van der Waals surface area (Å²) in [5, 5.41) is 0. The van der Waals surface area contributed by atoms with Crippen molar-refractivity contribution in [3.05, 3.63) is 59.2 Å². The topological polar surface area (TPSA) is 46.6 Å². The first-order chi connectivity index (χ1) is 11.1. The Morgan fingerprint density at radius 2 is 1.83 bits per heavy atom. The predicted octanol–water partition coefficient (Wildman–Crippen LogP) is 2.76. The zero-order chi connectivity index (χ0) is 16.0. The second kappa shape index (κ2) is 5.32. The van der Waals surface area contributed by atoms with Crippen LogP contribution in [-0.4, -0.2) is 42.4 Å². The first-order valence-corrected chi connectivity index (χ1v) is 7.84. The lowest BCUT2D eigenvalue weighted by molar-refractivity contribution is -0.0124. The summed E-state index contributed by atoms with van der Waals surface area (Å²) < 4.78 is 5.48. The summed E-state index contributed by atoms with van der Waals surface area (Å²) in [7, 11) is 0. The third-order valence-electron chi connectivity index (χ3n) is 4.50. The second-order valence-corrected chi connectivity index (χ2v) is 6.07. The third-order valence-corrected chi connectivity index (χ3v) is 4.50. The van der Waals surface area contributed by atoms with Gasteiger partial charge in [0, 0.05) is 29.8 Å². The van der Waals surface area contributed by atoms with Crippen LogP contribution in [0.1, 0.15) is 33.2 Å². The summed E-state index contributed by atoms with van der Waals surface area (Å²) in [5.41, 5.74) is 3.77. The number of carbonyl (C=O) groups is 2. The van der Waals surface area contributed by atoms with E-state index in [2.05, 4.69) is 0 Å². The summed E-state index contributed by atoms with van der Waals surface area (Å²) in [6.07, 6.45) is 0.0491. The Labute approximate surface area is 134 Å². The number of ether oxygens (including phenoxy) is 1. The van der Waals surface area contributed by atoms with Gasteiger partial charge in [-0.25, -0.2) is 0 Å². The van der Waals surface area contributed by atoms with E-state index >= 15 is 0 Å². The molecule has 4 heteroatoms. The number of carbonyl (C=O) groups excluding carboxylic acids is 2. The molecule has 0 aromatic heterocycles. The molecule has 1 unspecified atom stereocenters. The number of amides is 1. The molecule has 1 atom stereocenters. The number of ketones is 1. The van der Waals surface area contributed by atoms with Gasteiger partial charge in [0.2, 0.25) is 0 Å². The standard InChI is InChI=1S/C19H17NO3/c1-12-11-20(8-9-23-12)19(22)13-6-7-15-14-4-2-3-5-16(14)18(21)17(15)10-13/h2-7,10,12H,8-9,11H2,1H3. The van der Waals surface area contributed by atoms with Gasteiger partial charge >= 0.3 is 0 Å². The maximum atomic E-state index is 12.7. The van der Waals surface area contributed by atoms with Crippen LogP contribution in [0.15, 0.2) is 42.5 Å². The molecule has 0 N–H and O–H groups in total. The normalized spacial score (nSPS) is 19.4. The Morgan fingerprint density at radius 1 is 1.09 bits per heavy atom. The van der Waals surface area contributed by atoms with Crippen LogP contribution in [-0.2, 0) is 4.74 Å². The Bertz CT molecular complexity index is 812. The third kappa shape index (κ3) is 2.26. The molecule has 4 nitrogen and oxygen atoms in total. The van der Waals surface area contributed by atoms with E-state index in [1.54, 1.807) is 11.0 Å². The molecule has 1 fully saturated rings. The predicted molar refractivity (Wildman–Crippen MR) is 86.6 cm³/mol. The number of hydrogen-bond donors (Lipinski definition) is 0. The second-order valence-electron chi connectivity index (χ2n) is 6.07. The molecule has 116 valence electrons. The van der Waals surface area contributed by atoms with Gasteiger partial charge < -0.3 is 9.64 Å². The molecule has 1 aliphatic carbocycles. The molecule has 1 amide bonds. The van der Waals surface area contributed by atoms with E-state index < -0.39 is 0 Å². The van der Waals surface area contributed by atoms with E-state index in [0.717, 1.165) is 11.1 Å². The maximum absolute atomic E-state index is 12.7. The van der Waals surface area contributed by atoms with Crippen LogP contribution < -0.4 is 0 Å². The highest BCUT2D eigenvalue weighted by Gasteiger charge is 2.28. The Kier molecular flexibility index (Phi) is 3.27. The van der Waals surface area contributed by atoms with Gasteiger partial charge in [-0.15, -0.1) is 0 Å². The van der Waals surface area contributed by atoms with E-state index in [-0.39, 0.29) is 17.8 Å². The fraction of sp³-hybridized carbons (Fsp3) is 0.263. The average Bonchev–Trinajstić information content (AvgIpc) is 2.87. The highest BCUT2D eigenvalue weighted by atomic mass is 16.5. The van der Waals surface area contributed by atoms with Crippen molar-refractivity contribution in [1.82, 2.24) is 4.90 Å². The van der Waals surface area contributed by atoms with Gasteiger partial charge in [0.1, 0.15) is 0 Å². The average molecular weight is 307 g/mol. The van der Waals surface area contributed by atoms with Crippen molar-refractivity contribution < 1.29 is 14.3 Å². The van der Waals surface area contributed by atoms with Crippen LogP contribution in [0.3, 0.4) is 0 Å². The van der Waals surface area contributed by atoms with Crippen LogP contribution in [0, 0.1) is 0 Å². The first kappa shape index (κ1) is 14.2. The largest absolute Gasteiger partial charge is 0.375 e. The van der Waals surface area contributed by atoms with E-state index in [1.807, 2.05) is 43.3 Å². The lowest BCUT2D eigenvalue weighted by Crippen LogP contribution is -2.44. The highest BCUT2D eigenvalue weighted by Crippen LogP contribution is 2.36. The molecule has 23 heavy (non-hydrogen) atoms. The van der Waals surface area contributed by atoms with Crippen molar-refractivity contribution in [3.8, 4) is 11.1 Å². The molecule has 0 saturated carbocycles. The Balaban J connectivity index is 1.69. The summed E-state index contributed by atoms with van der Waals surface area (Å²) in [5.74, 6) is -0.0349. The minimum absolute atomic E-state index is 0.000551. The van der Waals surface area contributed by atoms with Gasteiger partial charge in [0.05, 0.1) is 12.7 Å². The zero-order valence-corrected chi connectivity index (χ0v) is 12.9. The Morgan fingerprint density at radius 3 is 2.61 bits per heavy atom. The van der Waals surface area contributed by atoms with Gasteiger partial charge in [-0.3, -0.25) is 9.59 Å². The van der Waals surface area contributed by atoms with Crippen LogP contribution in [0.25, 0.3) is 11.1 Å². The number of nitrogens with zero attached hydrogens (tertiary/aromatic N) is 1. The molecule has 2 aromatic rings. The van der Waals surface area contributed by atoms with Gasteiger partial charge in [-0.2, -0.15) is 0 Å². The fourth-order valence-corrected chi connectivity index (χ4v) is 3.35. The van der Waals surface area contributed by atoms with Crippen molar-refractivity contribution in [2.75, 3.05) is 19.7 Å². The van der Waals surface area contributed by atoms with Crippen LogP contribution in [0.4, 0.5) is 0 Å². The molecule has 1 heterocycles. The monoisotopic (exact) mass is 307 g/mol. The zero-order valence-electron chi connectivity index (χ0n) is 12.9. The van der Waals surface area contributed by atoms with E-state index in [1.165, 1.54) is 0 Å². The van der Waals surface area contributed by atoms with Gasteiger partial charge in [-0.05, 0) is 30.2 Å². The first-order valence-electron chi connectivity index (χ1n) is 7.84. The summed E-state index contributed by atoms with van der Waals surface area (Å²) in [4.78, 5) is 27.0. The number of fused-ring (bicyclic) bond motifs is 3. The van der Waals surface area contributed by atoms with Crippen molar-refractivity contribution in [1.29, 1.82) is 0 Å². The fourth-order valence-electron chi connectivity index (χ4n) is 3.35. The van der Waals surface area contributed by atoms with Crippen LogP contribution in [0.2, 0.25) is 0 Å². The minimum atomic E-state index is -0.0355. The van der Waals surface area contributed by atoms with Gasteiger partial charge in [0.15, 0.2) is 5.78 Å². The lowest BCUT2D eigenvalue weighted by atomic mass is 10.0.